The number of hydrogen-bond donors (Lipinski definition) is 0. The van der Waals surface area contributed by atoms with Crippen LogP contribution in [0.1, 0.15) is 37.4 Å². The molecule has 0 bridgehead atoms. The second kappa shape index (κ2) is 10.9. The van der Waals surface area contributed by atoms with Gasteiger partial charge >= 0.3 is 12.2 Å². The van der Waals surface area contributed by atoms with Crippen LogP contribution in [0.25, 0.3) is 0 Å². The largest absolute Gasteiger partial charge is 0.493 e. The first kappa shape index (κ1) is 25.6. The lowest BCUT2D eigenvalue weighted by Gasteiger charge is -2.42. The summed E-state index contributed by atoms with van der Waals surface area (Å²) in [5.41, 5.74) is 1.62. The van der Waals surface area contributed by atoms with E-state index in [9.17, 15) is 19.7 Å². The average molecular weight is 488 g/mol. The highest BCUT2D eigenvalue weighted by Crippen LogP contribution is 2.46. The first-order valence-corrected chi connectivity index (χ1v) is 11.0. The number of nitro groups is 1. The number of fused-ring (bicyclic) bond motifs is 1. The summed E-state index contributed by atoms with van der Waals surface area (Å²) in [5.74, 6) is 0.839. The van der Waals surface area contributed by atoms with Gasteiger partial charge in [0.2, 0.25) is 0 Å². The summed E-state index contributed by atoms with van der Waals surface area (Å²) >= 11 is 0. The van der Waals surface area contributed by atoms with Crippen LogP contribution in [0.3, 0.4) is 0 Å². The predicted octanol–water partition coefficient (Wildman–Crippen LogP) is 4.68. The summed E-state index contributed by atoms with van der Waals surface area (Å²) in [6.07, 6.45) is -0.764. The summed E-state index contributed by atoms with van der Waals surface area (Å²) in [6.45, 7) is 3.84. The highest BCUT2D eigenvalue weighted by Gasteiger charge is 2.40. The number of anilines is 1. The number of rotatable bonds is 7. The Bertz CT molecular complexity index is 1110. The second-order valence-electron chi connectivity index (χ2n) is 7.96. The Morgan fingerprint density at radius 2 is 1.83 bits per heavy atom. The fourth-order valence-electron chi connectivity index (χ4n) is 4.30. The molecular formula is C24H29N3O8. The van der Waals surface area contributed by atoms with Gasteiger partial charge in [0.05, 0.1) is 44.6 Å². The molecule has 0 saturated heterocycles. The molecule has 0 saturated carbocycles. The Labute approximate surface area is 203 Å². The van der Waals surface area contributed by atoms with E-state index in [0.717, 1.165) is 0 Å². The van der Waals surface area contributed by atoms with Crippen LogP contribution in [0.5, 0.6) is 11.5 Å². The Kier molecular flexibility index (Phi) is 8.00. The zero-order chi connectivity index (χ0) is 25.7. The lowest BCUT2D eigenvalue weighted by atomic mass is 9.90. The minimum atomic E-state index is -0.612. The number of non-ortho nitro benzene ring substituents is 1. The van der Waals surface area contributed by atoms with Gasteiger partial charge in [0.1, 0.15) is 0 Å². The van der Waals surface area contributed by atoms with Gasteiger partial charge in [-0.3, -0.25) is 19.9 Å². The Hall–Kier alpha value is -4.02. The molecule has 2 aromatic rings. The number of carbonyl (C=O) groups excluding carboxylic acids is 2. The standard InChI is InChI=1S/C24H29N3O8/c1-6-35-24(29)26-15(2)10-19(18-12-21(32-3)22(33-4)13-20(18)26)25(23(28)34-5)14-16-8-7-9-17(11-16)27(30)31/h7-9,11-13,15,19H,6,10,14H2,1-5H3. The molecule has 0 fully saturated rings. The van der Waals surface area contributed by atoms with Gasteiger partial charge in [-0.15, -0.1) is 0 Å². The topological polar surface area (TPSA) is 121 Å². The summed E-state index contributed by atoms with van der Waals surface area (Å²) < 4.78 is 21.3. The van der Waals surface area contributed by atoms with Crippen LogP contribution >= 0.6 is 0 Å². The molecule has 0 radical (unpaired) electrons. The predicted molar refractivity (Wildman–Crippen MR) is 127 cm³/mol. The van der Waals surface area contributed by atoms with Crippen molar-refractivity contribution in [2.24, 2.45) is 0 Å². The molecule has 2 atom stereocenters. The van der Waals surface area contributed by atoms with Crippen LogP contribution in [0.4, 0.5) is 21.0 Å². The number of hydrogen-bond acceptors (Lipinski definition) is 8. The van der Waals surface area contributed by atoms with E-state index in [1.165, 1.54) is 43.3 Å². The van der Waals surface area contributed by atoms with Crippen LogP contribution in [0.15, 0.2) is 36.4 Å². The summed E-state index contributed by atoms with van der Waals surface area (Å²) in [7, 11) is 4.26. The van der Waals surface area contributed by atoms with Crippen molar-refractivity contribution in [3.8, 4) is 11.5 Å². The first-order chi connectivity index (χ1) is 16.7. The molecule has 11 heteroatoms. The highest BCUT2D eigenvalue weighted by molar-refractivity contribution is 5.91. The van der Waals surface area contributed by atoms with Gasteiger partial charge in [-0.1, -0.05) is 12.1 Å². The fourth-order valence-corrected chi connectivity index (χ4v) is 4.30. The SMILES string of the molecule is CCOC(=O)N1c2cc(OC)c(OC)cc2C(N(Cc2cccc([N+](=O)[O-])c2)C(=O)OC)CC1C. The van der Waals surface area contributed by atoms with E-state index in [-0.39, 0.29) is 24.9 Å². The molecule has 2 unspecified atom stereocenters. The van der Waals surface area contributed by atoms with Crippen molar-refractivity contribution in [1.29, 1.82) is 0 Å². The summed E-state index contributed by atoms with van der Waals surface area (Å²) in [4.78, 5) is 39.6. The molecule has 35 heavy (non-hydrogen) atoms. The molecular weight excluding hydrogens is 458 g/mol. The van der Waals surface area contributed by atoms with Gasteiger partial charge < -0.3 is 18.9 Å². The van der Waals surface area contributed by atoms with Crippen molar-refractivity contribution in [1.82, 2.24) is 4.90 Å². The smallest absolute Gasteiger partial charge is 0.414 e. The van der Waals surface area contributed by atoms with Crippen LogP contribution in [0.2, 0.25) is 0 Å². The van der Waals surface area contributed by atoms with E-state index in [1.54, 1.807) is 31.2 Å². The monoisotopic (exact) mass is 487 g/mol. The molecule has 188 valence electrons. The summed E-state index contributed by atoms with van der Waals surface area (Å²) in [5, 5.41) is 11.2. The van der Waals surface area contributed by atoms with Gasteiger partial charge in [-0.25, -0.2) is 9.59 Å². The van der Waals surface area contributed by atoms with E-state index >= 15 is 0 Å². The maximum absolute atomic E-state index is 13.0. The Morgan fingerprint density at radius 1 is 1.14 bits per heavy atom. The van der Waals surface area contributed by atoms with E-state index in [2.05, 4.69) is 0 Å². The number of benzene rings is 2. The van der Waals surface area contributed by atoms with Crippen LogP contribution in [0, 0.1) is 10.1 Å². The molecule has 0 aliphatic carbocycles. The lowest BCUT2D eigenvalue weighted by molar-refractivity contribution is -0.384. The van der Waals surface area contributed by atoms with Gasteiger partial charge in [0, 0.05) is 36.3 Å². The van der Waals surface area contributed by atoms with Crippen LogP contribution in [-0.2, 0) is 16.0 Å². The molecule has 0 N–H and O–H groups in total. The highest BCUT2D eigenvalue weighted by atomic mass is 16.6. The molecule has 11 nitrogen and oxygen atoms in total. The third-order valence-electron chi connectivity index (χ3n) is 5.88. The van der Waals surface area contributed by atoms with Crippen molar-refractivity contribution in [2.75, 3.05) is 32.8 Å². The maximum Gasteiger partial charge on any atom is 0.414 e. The third kappa shape index (κ3) is 5.23. The van der Waals surface area contributed by atoms with Gasteiger partial charge in [-0.05, 0) is 31.9 Å². The van der Waals surface area contributed by atoms with Gasteiger partial charge in [-0.2, -0.15) is 0 Å². The summed E-state index contributed by atoms with van der Waals surface area (Å²) in [6, 6.07) is 8.60. The quantitative estimate of drug-likeness (QED) is 0.408. The number of carbonyl (C=O) groups is 2. The fraction of sp³-hybridized carbons (Fsp3) is 0.417. The molecule has 1 aliphatic heterocycles. The number of methoxy groups -OCH3 is 3. The Balaban J connectivity index is 2.14. The van der Waals surface area contributed by atoms with Gasteiger partial charge in [0.15, 0.2) is 11.5 Å². The maximum atomic E-state index is 13.0. The molecule has 3 rings (SSSR count). The molecule has 0 spiro atoms. The molecule has 2 amide bonds. The van der Waals surface area contributed by atoms with E-state index in [4.69, 9.17) is 18.9 Å². The molecule has 0 aromatic heterocycles. The minimum absolute atomic E-state index is 0.0545. The van der Waals surface area contributed by atoms with E-state index < -0.39 is 23.2 Å². The number of amides is 2. The number of nitrogens with zero attached hydrogens (tertiary/aromatic N) is 3. The lowest BCUT2D eigenvalue weighted by Crippen LogP contribution is -2.47. The molecule has 1 heterocycles. The second-order valence-corrected chi connectivity index (χ2v) is 7.96. The van der Waals surface area contributed by atoms with Crippen molar-refractivity contribution in [3.05, 3.63) is 57.6 Å². The zero-order valence-electron chi connectivity index (χ0n) is 20.3. The van der Waals surface area contributed by atoms with Crippen LogP contribution < -0.4 is 14.4 Å². The van der Waals surface area contributed by atoms with Crippen LogP contribution in [-0.4, -0.2) is 56.0 Å². The first-order valence-electron chi connectivity index (χ1n) is 11.0. The molecule has 2 aromatic carbocycles. The van der Waals surface area contributed by atoms with Crippen molar-refractivity contribution < 1.29 is 33.5 Å². The average Bonchev–Trinajstić information content (AvgIpc) is 2.85. The van der Waals surface area contributed by atoms with Crippen molar-refractivity contribution >= 4 is 23.6 Å². The molecule has 1 aliphatic rings. The normalized spacial score (nSPS) is 16.7. The van der Waals surface area contributed by atoms with E-state index in [0.29, 0.717) is 34.7 Å². The number of ether oxygens (including phenoxy) is 4. The third-order valence-corrected chi connectivity index (χ3v) is 5.88. The van der Waals surface area contributed by atoms with E-state index in [1.807, 2.05) is 6.92 Å². The zero-order valence-corrected chi connectivity index (χ0v) is 20.3. The van der Waals surface area contributed by atoms with Gasteiger partial charge in [0.25, 0.3) is 5.69 Å². The minimum Gasteiger partial charge on any atom is -0.493 e. The van der Waals surface area contributed by atoms with Crippen molar-refractivity contribution in [3.63, 3.8) is 0 Å². The van der Waals surface area contributed by atoms with Crippen molar-refractivity contribution in [2.45, 2.75) is 38.9 Å². The Morgan fingerprint density at radius 3 is 2.43 bits per heavy atom. The number of nitro benzene ring substituents is 1.